The highest BCUT2D eigenvalue weighted by Gasteiger charge is 2.49. The van der Waals surface area contributed by atoms with Gasteiger partial charge in [0.2, 0.25) is 15.9 Å². The van der Waals surface area contributed by atoms with Gasteiger partial charge < -0.3 is 20.1 Å². The van der Waals surface area contributed by atoms with Crippen LogP contribution in [0.25, 0.3) is 0 Å². The molecule has 2 aromatic rings. The van der Waals surface area contributed by atoms with Crippen molar-refractivity contribution in [3.63, 3.8) is 0 Å². The average Bonchev–Trinajstić information content (AvgIpc) is 3.83. The number of hydrogen-bond donors (Lipinski definition) is 3. The van der Waals surface area contributed by atoms with Crippen molar-refractivity contribution in [2.24, 2.45) is 17.8 Å². The molecule has 0 aromatic heterocycles. The van der Waals surface area contributed by atoms with Crippen molar-refractivity contribution in [2.75, 3.05) is 12.4 Å². The zero-order valence-corrected chi connectivity index (χ0v) is 23.2. The summed E-state index contributed by atoms with van der Waals surface area (Å²) in [6, 6.07) is 8.74. The van der Waals surface area contributed by atoms with E-state index in [1.165, 1.54) is 7.11 Å². The summed E-state index contributed by atoms with van der Waals surface area (Å²) in [6.07, 6.45) is 1.57. The van der Waals surface area contributed by atoms with E-state index < -0.39 is 63.6 Å². The summed E-state index contributed by atoms with van der Waals surface area (Å²) >= 11 is 0. The molecule has 3 aliphatic carbocycles. The minimum atomic E-state index is -4.40. The van der Waals surface area contributed by atoms with E-state index in [-0.39, 0.29) is 35.8 Å². The standard InChI is InChI=1S/C28H32F3N3O6S/c1-39-22-12-21(20(29)11-23(22)41(37,38)34-19-13-28(30,31)14-19)32-26(35)25(24(17-7-8-17)18-9-10-18)33-27(36)40-15-16-5-3-2-4-6-16/h2-6,11-12,17-19,24-25,34H,7-10,13-15H2,1H3,(H,32,35)(H,33,36)/t25-/m0/s1. The van der Waals surface area contributed by atoms with Gasteiger partial charge in [0.1, 0.15) is 29.1 Å². The molecule has 0 spiro atoms. The van der Waals surface area contributed by atoms with Crippen LogP contribution in [-0.2, 0) is 26.2 Å². The molecule has 9 nitrogen and oxygen atoms in total. The number of carbonyl (C=O) groups is 2. The lowest BCUT2D eigenvalue weighted by Crippen LogP contribution is -2.50. The number of benzene rings is 2. The van der Waals surface area contributed by atoms with Crippen LogP contribution in [0.2, 0.25) is 0 Å². The smallest absolute Gasteiger partial charge is 0.408 e. The van der Waals surface area contributed by atoms with Crippen LogP contribution >= 0.6 is 0 Å². The SMILES string of the molecule is COc1cc(NC(=O)[C@@H](NC(=O)OCc2ccccc2)C(C2CC2)C2CC2)c(F)cc1S(=O)(=O)NC1CC(F)(F)C1. The largest absolute Gasteiger partial charge is 0.495 e. The fourth-order valence-corrected chi connectivity index (χ4v) is 6.76. The van der Waals surface area contributed by atoms with Crippen LogP contribution in [0.4, 0.5) is 23.7 Å². The lowest BCUT2D eigenvalue weighted by Gasteiger charge is -2.35. The van der Waals surface area contributed by atoms with Crippen LogP contribution < -0.4 is 20.1 Å². The third kappa shape index (κ3) is 7.13. The number of halogens is 3. The molecular weight excluding hydrogens is 563 g/mol. The topological polar surface area (TPSA) is 123 Å². The number of carbonyl (C=O) groups excluding carboxylic acids is 2. The molecular formula is C28H32F3N3O6S. The van der Waals surface area contributed by atoms with Crippen molar-refractivity contribution in [1.29, 1.82) is 0 Å². The van der Waals surface area contributed by atoms with E-state index in [1.54, 1.807) is 12.1 Å². The van der Waals surface area contributed by atoms with Gasteiger partial charge in [-0.1, -0.05) is 30.3 Å². The number of anilines is 1. The van der Waals surface area contributed by atoms with Gasteiger partial charge in [-0.3, -0.25) is 4.79 Å². The molecule has 41 heavy (non-hydrogen) atoms. The third-order valence-corrected chi connectivity index (χ3v) is 9.24. The number of alkyl halides is 2. The number of rotatable bonds is 12. The fraction of sp³-hybridized carbons (Fsp3) is 0.500. The first kappa shape index (κ1) is 29.2. The van der Waals surface area contributed by atoms with E-state index in [0.29, 0.717) is 6.07 Å². The quantitative estimate of drug-likeness (QED) is 0.330. The number of amides is 2. The van der Waals surface area contributed by atoms with E-state index in [2.05, 4.69) is 15.4 Å². The normalized spacial score (nSPS) is 19.2. The van der Waals surface area contributed by atoms with Crippen molar-refractivity contribution in [3.8, 4) is 5.75 Å². The maximum Gasteiger partial charge on any atom is 0.408 e. The van der Waals surface area contributed by atoms with E-state index in [9.17, 15) is 26.8 Å². The maximum atomic E-state index is 15.2. The molecule has 3 fully saturated rings. The van der Waals surface area contributed by atoms with Gasteiger partial charge in [0.15, 0.2) is 0 Å². The Balaban J connectivity index is 1.32. The van der Waals surface area contributed by atoms with Crippen molar-refractivity contribution in [2.45, 2.75) is 68.0 Å². The highest BCUT2D eigenvalue weighted by Crippen LogP contribution is 2.51. The predicted molar refractivity (Wildman–Crippen MR) is 142 cm³/mol. The number of alkyl carbamates (subject to hydrolysis) is 1. The molecule has 2 amide bonds. The van der Waals surface area contributed by atoms with Crippen LogP contribution in [-0.4, -0.2) is 45.5 Å². The van der Waals surface area contributed by atoms with Gasteiger partial charge in [-0.2, -0.15) is 0 Å². The monoisotopic (exact) mass is 595 g/mol. The maximum absolute atomic E-state index is 15.2. The summed E-state index contributed by atoms with van der Waals surface area (Å²) in [7, 11) is -3.23. The Bertz CT molecular complexity index is 1380. The number of nitrogens with one attached hydrogen (secondary N) is 3. The number of methoxy groups -OCH3 is 1. The van der Waals surface area contributed by atoms with Crippen molar-refractivity contribution < 1.29 is 40.7 Å². The van der Waals surface area contributed by atoms with Gasteiger partial charge in [-0.25, -0.2) is 31.1 Å². The van der Waals surface area contributed by atoms with Gasteiger partial charge >= 0.3 is 6.09 Å². The zero-order valence-electron chi connectivity index (χ0n) is 22.4. The molecule has 0 bridgehead atoms. The Kier molecular flexibility index (Phi) is 8.20. The van der Waals surface area contributed by atoms with E-state index >= 15 is 4.39 Å². The summed E-state index contributed by atoms with van der Waals surface area (Å²) in [5.74, 6) is -4.65. The Morgan fingerprint density at radius 2 is 1.68 bits per heavy atom. The summed E-state index contributed by atoms with van der Waals surface area (Å²) in [6.45, 7) is 0.00678. The first-order valence-electron chi connectivity index (χ1n) is 13.5. The molecule has 13 heteroatoms. The summed E-state index contributed by atoms with van der Waals surface area (Å²) in [5, 5.41) is 5.16. The summed E-state index contributed by atoms with van der Waals surface area (Å²) in [4.78, 5) is 25.7. The van der Waals surface area contributed by atoms with Gasteiger partial charge in [0.25, 0.3) is 5.92 Å². The zero-order chi connectivity index (χ0) is 29.4. The molecule has 222 valence electrons. The second-order valence-electron chi connectivity index (χ2n) is 11.0. The van der Waals surface area contributed by atoms with E-state index in [1.807, 2.05) is 18.2 Å². The number of hydrogen-bond acceptors (Lipinski definition) is 6. The van der Waals surface area contributed by atoms with Gasteiger partial charge in [0.05, 0.1) is 12.8 Å². The van der Waals surface area contributed by atoms with Crippen LogP contribution in [0.5, 0.6) is 5.75 Å². The molecule has 2 aromatic carbocycles. The number of ether oxygens (including phenoxy) is 2. The molecule has 0 aliphatic heterocycles. The predicted octanol–water partition coefficient (Wildman–Crippen LogP) is 4.58. The summed E-state index contributed by atoms with van der Waals surface area (Å²) in [5.41, 5.74) is 0.421. The highest BCUT2D eigenvalue weighted by atomic mass is 32.2. The third-order valence-electron chi connectivity index (χ3n) is 7.70. The molecule has 3 N–H and O–H groups in total. The minimum Gasteiger partial charge on any atom is -0.495 e. The van der Waals surface area contributed by atoms with Gasteiger partial charge in [0, 0.05) is 24.9 Å². The van der Waals surface area contributed by atoms with E-state index in [4.69, 9.17) is 9.47 Å². The Hall–Kier alpha value is -3.32. The van der Waals surface area contributed by atoms with Gasteiger partial charge in [-0.05, 0) is 55.1 Å². The van der Waals surface area contributed by atoms with Crippen LogP contribution in [0.3, 0.4) is 0 Å². The highest BCUT2D eigenvalue weighted by molar-refractivity contribution is 7.89. The molecule has 0 heterocycles. The number of sulfonamides is 1. The van der Waals surface area contributed by atoms with Crippen molar-refractivity contribution in [3.05, 3.63) is 53.8 Å². The molecule has 0 unspecified atom stereocenters. The van der Waals surface area contributed by atoms with E-state index in [0.717, 1.165) is 37.3 Å². The Labute approximate surface area is 236 Å². The molecule has 1 atom stereocenters. The van der Waals surface area contributed by atoms with Crippen LogP contribution in [0.1, 0.15) is 44.1 Å². The second-order valence-corrected chi connectivity index (χ2v) is 12.7. The fourth-order valence-electron chi connectivity index (χ4n) is 5.36. The van der Waals surface area contributed by atoms with Crippen molar-refractivity contribution in [1.82, 2.24) is 10.0 Å². The van der Waals surface area contributed by atoms with Crippen molar-refractivity contribution >= 4 is 27.7 Å². The Morgan fingerprint density at radius 3 is 2.24 bits per heavy atom. The lowest BCUT2D eigenvalue weighted by atomic mass is 9.88. The van der Waals surface area contributed by atoms with Crippen LogP contribution in [0.15, 0.2) is 47.4 Å². The van der Waals surface area contributed by atoms with Crippen LogP contribution in [0, 0.1) is 23.6 Å². The molecule has 0 saturated heterocycles. The molecule has 5 rings (SSSR count). The second kappa shape index (κ2) is 11.5. The minimum absolute atomic E-state index is 0.00678. The first-order valence-corrected chi connectivity index (χ1v) is 15.0. The first-order chi connectivity index (χ1) is 19.5. The van der Waals surface area contributed by atoms with Gasteiger partial charge in [-0.15, -0.1) is 0 Å². The average molecular weight is 596 g/mol. The molecule has 0 radical (unpaired) electrons. The molecule has 3 saturated carbocycles. The summed E-state index contributed by atoms with van der Waals surface area (Å²) < 4.78 is 79.8. The lowest BCUT2D eigenvalue weighted by molar-refractivity contribution is -0.119. The Morgan fingerprint density at radius 1 is 1.05 bits per heavy atom. The molecule has 3 aliphatic rings.